The Bertz CT molecular complexity index is 296. The van der Waals surface area contributed by atoms with Crippen molar-refractivity contribution in [1.82, 2.24) is 0 Å². The Labute approximate surface area is 103 Å². The van der Waals surface area contributed by atoms with Crippen molar-refractivity contribution in [2.24, 2.45) is 5.41 Å². The summed E-state index contributed by atoms with van der Waals surface area (Å²) in [5, 5.41) is 9.24. The van der Waals surface area contributed by atoms with Gasteiger partial charge in [-0.1, -0.05) is 25.3 Å². The molecule has 0 spiro atoms. The van der Waals surface area contributed by atoms with Gasteiger partial charge in [0, 0.05) is 6.42 Å². The largest absolute Gasteiger partial charge is 0.480 e. The Morgan fingerprint density at radius 3 is 2.59 bits per heavy atom. The zero-order valence-electron chi connectivity index (χ0n) is 10.4. The van der Waals surface area contributed by atoms with Gasteiger partial charge in [-0.3, -0.25) is 9.59 Å². The predicted octanol–water partition coefficient (Wildman–Crippen LogP) is 3.34. The summed E-state index contributed by atoms with van der Waals surface area (Å²) in [5.41, 5.74) is -1.04. The lowest BCUT2D eigenvalue weighted by atomic mass is 9.80. The van der Waals surface area contributed by atoms with Gasteiger partial charge in [0.25, 0.3) is 0 Å². The SMILES string of the molecule is C=CCCCCCCC1(C(=O)O)CCCC1=O. The molecule has 0 heterocycles. The van der Waals surface area contributed by atoms with Gasteiger partial charge in [-0.05, 0) is 32.1 Å². The summed E-state index contributed by atoms with van der Waals surface area (Å²) in [6.45, 7) is 3.66. The number of carbonyl (C=O) groups is 2. The van der Waals surface area contributed by atoms with Crippen molar-refractivity contribution < 1.29 is 14.7 Å². The molecule has 0 aromatic rings. The van der Waals surface area contributed by atoms with Gasteiger partial charge in [-0.25, -0.2) is 0 Å². The number of hydrogen-bond donors (Lipinski definition) is 1. The van der Waals surface area contributed by atoms with Gasteiger partial charge < -0.3 is 5.11 Å². The van der Waals surface area contributed by atoms with Gasteiger partial charge in [0.15, 0.2) is 0 Å². The molecule has 1 atom stereocenters. The van der Waals surface area contributed by atoms with Crippen LogP contribution in [0.4, 0.5) is 0 Å². The Balaban J connectivity index is 2.34. The van der Waals surface area contributed by atoms with E-state index in [0.29, 0.717) is 19.3 Å². The van der Waals surface area contributed by atoms with Crippen LogP contribution in [0.15, 0.2) is 12.7 Å². The molecule has 0 amide bonds. The Morgan fingerprint density at radius 2 is 2.06 bits per heavy atom. The zero-order chi connectivity index (χ0) is 12.7. The lowest BCUT2D eigenvalue weighted by Gasteiger charge is -2.21. The number of rotatable bonds is 8. The lowest BCUT2D eigenvalue weighted by molar-refractivity contribution is -0.153. The minimum atomic E-state index is -1.04. The quantitative estimate of drug-likeness (QED) is 0.401. The van der Waals surface area contributed by atoms with E-state index in [0.717, 1.165) is 38.5 Å². The fraction of sp³-hybridized carbons (Fsp3) is 0.714. The molecule has 1 unspecified atom stereocenters. The van der Waals surface area contributed by atoms with E-state index in [1.165, 1.54) is 0 Å². The van der Waals surface area contributed by atoms with Gasteiger partial charge in [-0.2, -0.15) is 0 Å². The molecule has 1 fully saturated rings. The Morgan fingerprint density at radius 1 is 1.35 bits per heavy atom. The molecule has 0 saturated heterocycles. The van der Waals surface area contributed by atoms with Gasteiger partial charge in [0.1, 0.15) is 11.2 Å². The number of carboxylic acids is 1. The van der Waals surface area contributed by atoms with E-state index < -0.39 is 11.4 Å². The van der Waals surface area contributed by atoms with Crippen LogP contribution < -0.4 is 0 Å². The Hall–Kier alpha value is -1.12. The average molecular weight is 238 g/mol. The van der Waals surface area contributed by atoms with Gasteiger partial charge in [0.2, 0.25) is 0 Å². The van der Waals surface area contributed by atoms with Crippen molar-refractivity contribution in [2.45, 2.75) is 57.8 Å². The monoisotopic (exact) mass is 238 g/mol. The fourth-order valence-electron chi connectivity index (χ4n) is 2.60. The van der Waals surface area contributed by atoms with Gasteiger partial charge in [-0.15, -0.1) is 6.58 Å². The molecule has 0 aromatic heterocycles. The molecular weight excluding hydrogens is 216 g/mol. The molecule has 1 saturated carbocycles. The van der Waals surface area contributed by atoms with Crippen LogP contribution in [0, 0.1) is 5.41 Å². The molecule has 1 N–H and O–H groups in total. The fourth-order valence-corrected chi connectivity index (χ4v) is 2.60. The normalized spacial score (nSPS) is 23.9. The highest BCUT2D eigenvalue weighted by molar-refractivity contribution is 6.04. The highest BCUT2D eigenvalue weighted by Crippen LogP contribution is 2.39. The van der Waals surface area contributed by atoms with Crippen molar-refractivity contribution >= 4 is 11.8 Å². The smallest absolute Gasteiger partial charge is 0.317 e. The number of carboxylic acid groups (broad SMARTS) is 1. The number of ketones is 1. The maximum absolute atomic E-state index is 11.7. The first-order valence-corrected chi connectivity index (χ1v) is 6.51. The van der Waals surface area contributed by atoms with E-state index in [1.807, 2.05) is 6.08 Å². The molecular formula is C14H22O3. The third kappa shape index (κ3) is 3.42. The summed E-state index contributed by atoms with van der Waals surface area (Å²) in [5.74, 6) is -0.970. The van der Waals surface area contributed by atoms with E-state index >= 15 is 0 Å². The van der Waals surface area contributed by atoms with Crippen LogP contribution in [-0.4, -0.2) is 16.9 Å². The van der Waals surface area contributed by atoms with Crippen molar-refractivity contribution in [2.75, 3.05) is 0 Å². The highest BCUT2D eigenvalue weighted by atomic mass is 16.4. The standard InChI is InChI=1S/C14H22O3/c1-2-3-4-5-6-7-10-14(13(16)17)11-8-9-12(14)15/h2H,1,3-11H2,(H,16,17). The minimum Gasteiger partial charge on any atom is -0.480 e. The summed E-state index contributed by atoms with van der Waals surface area (Å²) in [4.78, 5) is 23.0. The van der Waals surface area contributed by atoms with Crippen LogP contribution in [0.2, 0.25) is 0 Å². The summed E-state index contributed by atoms with van der Waals surface area (Å²) >= 11 is 0. The molecule has 17 heavy (non-hydrogen) atoms. The maximum Gasteiger partial charge on any atom is 0.317 e. The maximum atomic E-state index is 11.7. The van der Waals surface area contributed by atoms with Crippen molar-refractivity contribution in [3.8, 4) is 0 Å². The molecule has 96 valence electrons. The average Bonchev–Trinajstić information content (AvgIpc) is 2.66. The molecule has 1 aliphatic rings. The minimum absolute atomic E-state index is 0.0592. The molecule has 0 bridgehead atoms. The number of unbranched alkanes of at least 4 members (excludes halogenated alkanes) is 4. The lowest BCUT2D eigenvalue weighted by Crippen LogP contribution is -2.35. The van der Waals surface area contributed by atoms with Crippen LogP contribution in [-0.2, 0) is 9.59 Å². The van der Waals surface area contributed by atoms with E-state index in [-0.39, 0.29) is 5.78 Å². The van der Waals surface area contributed by atoms with E-state index in [4.69, 9.17) is 0 Å². The van der Waals surface area contributed by atoms with Crippen LogP contribution in [0.1, 0.15) is 57.8 Å². The number of allylic oxidation sites excluding steroid dienone is 1. The zero-order valence-corrected chi connectivity index (χ0v) is 10.4. The van der Waals surface area contributed by atoms with Crippen LogP contribution in [0.3, 0.4) is 0 Å². The summed E-state index contributed by atoms with van der Waals surface area (Å²) in [6.07, 6.45) is 9.22. The number of Topliss-reactive ketones (excluding diaryl/α,β-unsaturated/α-hetero) is 1. The summed E-state index contributed by atoms with van der Waals surface area (Å²) in [7, 11) is 0. The first-order chi connectivity index (χ1) is 8.13. The van der Waals surface area contributed by atoms with Gasteiger partial charge >= 0.3 is 5.97 Å². The molecule has 1 aliphatic carbocycles. The molecule has 1 rings (SSSR count). The molecule has 3 heteroatoms. The third-order valence-electron chi connectivity index (χ3n) is 3.71. The van der Waals surface area contributed by atoms with Gasteiger partial charge in [0.05, 0.1) is 0 Å². The second-order valence-electron chi connectivity index (χ2n) is 4.91. The third-order valence-corrected chi connectivity index (χ3v) is 3.71. The first-order valence-electron chi connectivity index (χ1n) is 6.51. The molecule has 3 nitrogen and oxygen atoms in total. The van der Waals surface area contributed by atoms with Crippen LogP contribution >= 0.6 is 0 Å². The van der Waals surface area contributed by atoms with Crippen molar-refractivity contribution in [3.05, 3.63) is 12.7 Å². The van der Waals surface area contributed by atoms with E-state index in [1.54, 1.807) is 0 Å². The second kappa shape index (κ2) is 6.58. The van der Waals surface area contributed by atoms with Crippen molar-refractivity contribution in [1.29, 1.82) is 0 Å². The van der Waals surface area contributed by atoms with E-state index in [9.17, 15) is 14.7 Å². The van der Waals surface area contributed by atoms with Crippen LogP contribution in [0.5, 0.6) is 0 Å². The number of carbonyl (C=O) groups excluding carboxylic acids is 1. The highest BCUT2D eigenvalue weighted by Gasteiger charge is 2.47. The summed E-state index contributed by atoms with van der Waals surface area (Å²) in [6, 6.07) is 0. The number of hydrogen-bond acceptors (Lipinski definition) is 2. The van der Waals surface area contributed by atoms with E-state index in [2.05, 4.69) is 6.58 Å². The Kier molecular flexibility index (Phi) is 5.39. The topological polar surface area (TPSA) is 54.4 Å². The number of aliphatic carboxylic acids is 1. The van der Waals surface area contributed by atoms with Crippen LogP contribution in [0.25, 0.3) is 0 Å². The predicted molar refractivity (Wildman–Crippen MR) is 66.8 cm³/mol. The first kappa shape index (κ1) is 13.9. The molecule has 0 aliphatic heterocycles. The second-order valence-corrected chi connectivity index (χ2v) is 4.91. The molecule has 0 radical (unpaired) electrons. The molecule has 0 aromatic carbocycles. The van der Waals surface area contributed by atoms with Crippen molar-refractivity contribution in [3.63, 3.8) is 0 Å². The summed E-state index contributed by atoms with van der Waals surface area (Å²) < 4.78 is 0.